The van der Waals surface area contributed by atoms with Crippen molar-refractivity contribution in [2.24, 2.45) is 5.92 Å². The smallest absolute Gasteiger partial charge is 0.422 e. The standard InChI is InChI=1S/C15H19F3N2O2.ClH/c1-10-7-11(5-6-19-10)14(21)20-12-3-2-4-13(8-12)22-9-15(16,17)18;/h2-4,8,10-11,19H,5-7,9H2,1H3,(H,20,21);1H/t10-,11-;/m0./s1. The zero-order valence-electron chi connectivity index (χ0n) is 12.7. The van der Waals surface area contributed by atoms with E-state index in [-0.39, 0.29) is 36.0 Å². The molecule has 0 bridgehead atoms. The number of nitrogens with one attached hydrogen (secondary N) is 2. The lowest BCUT2D eigenvalue weighted by Crippen LogP contribution is -2.40. The van der Waals surface area contributed by atoms with Crippen LogP contribution >= 0.6 is 12.4 Å². The molecule has 1 aromatic rings. The normalized spacial score (nSPS) is 21.2. The summed E-state index contributed by atoms with van der Waals surface area (Å²) in [6, 6.07) is 6.28. The van der Waals surface area contributed by atoms with Gasteiger partial charge in [0, 0.05) is 23.7 Å². The van der Waals surface area contributed by atoms with E-state index in [0.717, 1.165) is 19.4 Å². The first-order valence-electron chi connectivity index (χ1n) is 7.17. The van der Waals surface area contributed by atoms with E-state index in [0.29, 0.717) is 5.69 Å². The van der Waals surface area contributed by atoms with Crippen molar-refractivity contribution in [1.29, 1.82) is 0 Å². The third-order valence-electron chi connectivity index (χ3n) is 3.50. The van der Waals surface area contributed by atoms with Gasteiger partial charge in [0.1, 0.15) is 5.75 Å². The van der Waals surface area contributed by atoms with E-state index in [4.69, 9.17) is 0 Å². The van der Waals surface area contributed by atoms with Crippen molar-refractivity contribution in [3.8, 4) is 5.75 Å². The second kappa shape index (κ2) is 8.40. The number of hydrogen-bond donors (Lipinski definition) is 2. The number of carbonyl (C=O) groups excluding carboxylic acids is 1. The van der Waals surface area contributed by atoms with E-state index in [9.17, 15) is 18.0 Å². The fourth-order valence-corrected chi connectivity index (χ4v) is 2.44. The second-order valence-corrected chi connectivity index (χ2v) is 5.50. The van der Waals surface area contributed by atoms with Crippen molar-refractivity contribution in [2.45, 2.75) is 32.0 Å². The Morgan fingerprint density at radius 2 is 2.17 bits per heavy atom. The third kappa shape index (κ3) is 6.66. The summed E-state index contributed by atoms with van der Waals surface area (Å²) in [5, 5.41) is 6.01. The van der Waals surface area contributed by atoms with Crippen LogP contribution in [0.4, 0.5) is 18.9 Å². The van der Waals surface area contributed by atoms with Gasteiger partial charge >= 0.3 is 6.18 Å². The topological polar surface area (TPSA) is 50.4 Å². The molecule has 1 aliphatic rings. The van der Waals surface area contributed by atoms with E-state index in [1.165, 1.54) is 12.1 Å². The number of amides is 1. The van der Waals surface area contributed by atoms with Gasteiger partial charge in [-0.2, -0.15) is 13.2 Å². The van der Waals surface area contributed by atoms with Crippen molar-refractivity contribution in [2.75, 3.05) is 18.5 Å². The van der Waals surface area contributed by atoms with Crippen molar-refractivity contribution >= 4 is 24.0 Å². The molecule has 4 nitrogen and oxygen atoms in total. The Morgan fingerprint density at radius 3 is 2.83 bits per heavy atom. The summed E-state index contributed by atoms with van der Waals surface area (Å²) < 4.78 is 41.1. The molecule has 0 aliphatic carbocycles. The van der Waals surface area contributed by atoms with Crippen LogP contribution in [0, 0.1) is 5.92 Å². The maximum atomic E-state index is 12.2. The highest BCUT2D eigenvalue weighted by Gasteiger charge is 2.28. The van der Waals surface area contributed by atoms with Gasteiger partial charge in [0.2, 0.25) is 5.91 Å². The molecule has 130 valence electrons. The van der Waals surface area contributed by atoms with Crippen LogP contribution in [0.5, 0.6) is 5.75 Å². The molecule has 0 aromatic heterocycles. The first-order chi connectivity index (χ1) is 10.3. The van der Waals surface area contributed by atoms with E-state index >= 15 is 0 Å². The van der Waals surface area contributed by atoms with Crippen molar-refractivity contribution in [3.05, 3.63) is 24.3 Å². The molecular formula is C15H20ClF3N2O2. The molecule has 2 rings (SSSR count). The van der Waals surface area contributed by atoms with Gasteiger partial charge in [-0.3, -0.25) is 4.79 Å². The maximum Gasteiger partial charge on any atom is 0.422 e. The van der Waals surface area contributed by atoms with E-state index in [1.54, 1.807) is 12.1 Å². The Labute approximate surface area is 139 Å². The first kappa shape index (κ1) is 19.6. The van der Waals surface area contributed by atoms with Crippen LogP contribution in [-0.4, -0.2) is 31.3 Å². The van der Waals surface area contributed by atoms with Crippen LogP contribution in [0.15, 0.2) is 24.3 Å². The highest BCUT2D eigenvalue weighted by Crippen LogP contribution is 2.23. The Morgan fingerprint density at radius 1 is 1.43 bits per heavy atom. The second-order valence-electron chi connectivity index (χ2n) is 5.50. The molecule has 0 saturated carbocycles. The molecule has 1 amide bonds. The molecular weight excluding hydrogens is 333 g/mol. The van der Waals surface area contributed by atoms with Crippen LogP contribution < -0.4 is 15.4 Å². The number of ether oxygens (including phenoxy) is 1. The Balaban J connectivity index is 0.00000264. The molecule has 8 heteroatoms. The molecule has 2 N–H and O–H groups in total. The number of halogens is 4. The lowest BCUT2D eigenvalue weighted by molar-refractivity contribution is -0.153. The summed E-state index contributed by atoms with van der Waals surface area (Å²) in [6.45, 7) is 1.45. The largest absolute Gasteiger partial charge is 0.484 e. The molecule has 2 atom stereocenters. The third-order valence-corrected chi connectivity index (χ3v) is 3.50. The molecule has 0 radical (unpaired) electrons. The zero-order chi connectivity index (χ0) is 16.2. The molecule has 1 aromatic carbocycles. The van der Waals surface area contributed by atoms with Crippen LogP contribution in [0.1, 0.15) is 19.8 Å². The minimum absolute atomic E-state index is 0. The maximum absolute atomic E-state index is 12.2. The highest BCUT2D eigenvalue weighted by molar-refractivity contribution is 5.92. The van der Waals surface area contributed by atoms with Crippen molar-refractivity contribution < 1.29 is 22.7 Å². The molecule has 0 unspecified atom stereocenters. The van der Waals surface area contributed by atoms with Gasteiger partial charge in [0.15, 0.2) is 6.61 Å². The SMILES string of the molecule is C[C@H]1C[C@@H](C(=O)Nc2cccc(OCC(F)(F)F)c2)CCN1.Cl. The summed E-state index contributed by atoms with van der Waals surface area (Å²) in [7, 11) is 0. The summed E-state index contributed by atoms with van der Waals surface area (Å²) >= 11 is 0. The number of piperidine rings is 1. The Hall–Kier alpha value is -1.47. The van der Waals surface area contributed by atoms with E-state index in [1.807, 2.05) is 6.92 Å². The molecule has 1 heterocycles. The molecule has 23 heavy (non-hydrogen) atoms. The number of hydrogen-bond acceptors (Lipinski definition) is 3. The van der Waals surface area contributed by atoms with E-state index in [2.05, 4.69) is 15.4 Å². The lowest BCUT2D eigenvalue weighted by atomic mass is 9.92. The minimum Gasteiger partial charge on any atom is -0.484 e. The van der Waals surface area contributed by atoms with Gasteiger partial charge in [-0.1, -0.05) is 6.07 Å². The molecule has 0 spiro atoms. The van der Waals surface area contributed by atoms with Gasteiger partial charge in [-0.25, -0.2) is 0 Å². The summed E-state index contributed by atoms with van der Waals surface area (Å²) in [6.07, 6.45) is -2.89. The van der Waals surface area contributed by atoms with Crippen molar-refractivity contribution in [3.63, 3.8) is 0 Å². The van der Waals surface area contributed by atoms with Gasteiger partial charge in [-0.05, 0) is 38.4 Å². The fraction of sp³-hybridized carbons (Fsp3) is 0.533. The Bertz CT molecular complexity index is 526. The summed E-state index contributed by atoms with van der Waals surface area (Å²) in [5.41, 5.74) is 0.441. The van der Waals surface area contributed by atoms with Gasteiger partial charge in [0.05, 0.1) is 0 Å². The predicted octanol–water partition coefficient (Wildman–Crippen LogP) is 3.38. The van der Waals surface area contributed by atoms with Gasteiger partial charge < -0.3 is 15.4 Å². The fourth-order valence-electron chi connectivity index (χ4n) is 2.44. The summed E-state index contributed by atoms with van der Waals surface area (Å²) in [4.78, 5) is 12.2. The average molecular weight is 353 g/mol. The number of alkyl halides is 3. The molecule has 1 fully saturated rings. The quantitative estimate of drug-likeness (QED) is 0.873. The van der Waals surface area contributed by atoms with Gasteiger partial charge in [-0.15, -0.1) is 12.4 Å². The van der Waals surface area contributed by atoms with Crippen molar-refractivity contribution in [1.82, 2.24) is 5.32 Å². The average Bonchev–Trinajstić information content (AvgIpc) is 2.45. The molecule has 1 saturated heterocycles. The Kier molecular flexibility index (Phi) is 7.15. The number of rotatable bonds is 4. The first-order valence-corrected chi connectivity index (χ1v) is 7.17. The van der Waals surface area contributed by atoms with Crippen LogP contribution in [0.25, 0.3) is 0 Å². The zero-order valence-corrected chi connectivity index (χ0v) is 13.5. The lowest BCUT2D eigenvalue weighted by Gasteiger charge is -2.27. The van der Waals surface area contributed by atoms with Crippen LogP contribution in [0.3, 0.4) is 0 Å². The van der Waals surface area contributed by atoms with Crippen LogP contribution in [-0.2, 0) is 4.79 Å². The highest BCUT2D eigenvalue weighted by atomic mass is 35.5. The number of benzene rings is 1. The van der Waals surface area contributed by atoms with Gasteiger partial charge in [0.25, 0.3) is 0 Å². The number of anilines is 1. The monoisotopic (exact) mass is 352 g/mol. The summed E-state index contributed by atoms with van der Waals surface area (Å²) in [5.74, 6) is -0.119. The minimum atomic E-state index is -4.38. The van der Waals surface area contributed by atoms with E-state index < -0.39 is 12.8 Å². The van der Waals surface area contributed by atoms with Crippen LogP contribution in [0.2, 0.25) is 0 Å². The number of carbonyl (C=O) groups is 1. The predicted molar refractivity (Wildman–Crippen MR) is 84.1 cm³/mol. The molecule has 1 aliphatic heterocycles.